The molecule has 0 aliphatic carbocycles. The molecule has 0 aliphatic heterocycles. The van der Waals surface area contributed by atoms with Gasteiger partial charge in [-0.3, -0.25) is 4.79 Å². The van der Waals surface area contributed by atoms with Crippen LogP contribution in [-0.4, -0.2) is 18.5 Å². The molecule has 2 aromatic carbocycles. The standard InChI is InChI=1S/C22H17ClFNO3S/c23-19-5-2-1-4-16(19)13-25-21(26)14-28-22(27)18(20-6-3-11-29-20)12-15-7-9-17(24)10-8-15/h1-12H,13-14H2,(H,25,26)/b18-12+. The molecule has 0 unspecified atom stereocenters. The maximum absolute atomic E-state index is 13.1. The summed E-state index contributed by atoms with van der Waals surface area (Å²) >= 11 is 7.42. The zero-order chi connectivity index (χ0) is 20.6. The molecule has 0 bridgehead atoms. The molecule has 4 nitrogen and oxygen atoms in total. The molecule has 1 heterocycles. The second kappa shape index (κ2) is 10.0. The van der Waals surface area contributed by atoms with E-state index in [1.807, 2.05) is 17.5 Å². The first-order chi connectivity index (χ1) is 14.0. The lowest BCUT2D eigenvalue weighted by atomic mass is 10.1. The molecular formula is C22H17ClFNO3S. The minimum atomic E-state index is -0.635. The maximum atomic E-state index is 13.1. The van der Waals surface area contributed by atoms with Crippen LogP contribution >= 0.6 is 22.9 Å². The van der Waals surface area contributed by atoms with Crippen LogP contribution in [0, 0.1) is 5.82 Å². The Hall–Kier alpha value is -2.96. The number of ether oxygens (including phenoxy) is 1. The van der Waals surface area contributed by atoms with Crippen molar-refractivity contribution in [1.82, 2.24) is 5.32 Å². The molecule has 1 amide bonds. The van der Waals surface area contributed by atoms with Crippen molar-refractivity contribution in [3.63, 3.8) is 0 Å². The van der Waals surface area contributed by atoms with Crippen LogP contribution in [0.1, 0.15) is 16.0 Å². The minimum Gasteiger partial charge on any atom is -0.452 e. The number of benzene rings is 2. The number of carbonyl (C=O) groups is 2. The van der Waals surface area contributed by atoms with Gasteiger partial charge < -0.3 is 10.1 Å². The maximum Gasteiger partial charge on any atom is 0.340 e. The second-order valence-corrected chi connectivity index (χ2v) is 7.39. The van der Waals surface area contributed by atoms with Crippen molar-refractivity contribution >= 4 is 46.5 Å². The number of esters is 1. The van der Waals surface area contributed by atoms with Crippen LogP contribution < -0.4 is 5.32 Å². The second-order valence-electron chi connectivity index (χ2n) is 6.03. The Kier molecular flexibility index (Phi) is 7.16. The molecule has 0 radical (unpaired) electrons. The molecule has 1 N–H and O–H groups in total. The summed E-state index contributed by atoms with van der Waals surface area (Å²) in [7, 11) is 0. The van der Waals surface area contributed by atoms with E-state index in [0.717, 1.165) is 5.56 Å². The van der Waals surface area contributed by atoms with Gasteiger partial charge in [-0.05, 0) is 46.8 Å². The first-order valence-electron chi connectivity index (χ1n) is 8.71. The summed E-state index contributed by atoms with van der Waals surface area (Å²) in [6, 6.07) is 16.5. The van der Waals surface area contributed by atoms with Crippen molar-refractivity contribution in [2.24, 2.45) is 0 Å². The Morgan fingerprint density at radius 1 is 1.07 bits per heavy atom. The molecule has 0 saturated heterocycles. The zero-order valence-electron chi connectivity index (χ0n) is 15.2. The molecule has 0 spiro atoms. The van der Waals surface area contributed by atoms with Crippen LogP contribution in [0.3, 0.4) is 0 Å². The van der Waals surface area contributed by atoms with Gasteiger partial charge in [-0.2, -0.15) is 0 Å². The van der Waals surface area contributed by atoms with Gasteiger partial charge in [0, 0.05) is 16.4 Å². The fourth-order valence-electron chi connectivity index (χ4n) is 2.48. The average molecular weight is 430 g/mol. The number of halogens is 2. The van der Waals surface area contributed by atoms with E-state index in [4.69, 9.17) is 16.3 Å². The quantitative estimate of drug-likeness (QED) is 0.427. The van der Waals surface area contributed by atoms with Crippen LogP contribution in [0.4, 0.5) is 4.39 Å². The van der Waals surface area contributed by atoms with E-state index in [-0.39, 0.29) is 12.4 Å². The Morgan fingerprint density at radius 3 is 2.52 bits per heavy atom. The van der Waals surface area contributed by atoms with Crippen molar-refractivity contribution in [3.05, 3.63) is 92.9 Å². The smallest absolute Gasteiger partial charge is 0.340 e. The molecule has 0 saturated carbocycles. The van der Waals surface area contributed by atoms with Gasteiger partial charge in [0.2, 0.25) is 0 Å². The molecule has 3 aromatic rings. The van der Waals surface area contributed by atoms with Gasteiger partial charge in [0.1, 0.15) is 5.82 Å². The van der Waals surface area contributed by atoms with E-state index in [0.29, 0.717) is 21.0 Å². The zero-order valence-corrected chi connectivity index (χ0v) is 16.8. The van der Waals surface area contributed by atoms with Crippen LogP contribution in [0.5, 0.6) is 0 Å². The number of thiophene rings is 1. The normalized spacial score (nSPS) is 11.2. The van der Waals surface area contributed by atoms with Crippen LogP contribution in [0.2, 0.25) is 5.02 Å². The molecule has 3 rings (SSSR count). The Bertz CT molecular complexity index is 1020. The van der Waals surface area contributed by atoms with E-state index in [1.165, 1.54) is 23.5 Å². The largest absolute Gasteiger partial charge is 0.452 e. The van der Waals surface area contributed by atoms with Crippen molar-refractivity contribution in [2.75, 3.05) is 6.61 Å². The number of nitrogens with one attached hydrogen (secondary N) is 1. The van der Waals surface area contributed by atoms with E-state index < -0.39 is 18.5 Å². The summed E-state index contributed by atoms with van der Waals surface area (Å²) in [6.45, 7) is -0.186. The molecule has 148 valence electrons. The Morgan fingerprint density at radius 2 is 1.83 bits per heavy atom. The Labute approximate surface area is 176 Å². The third-order valence-corrected chi connectivity index (χ3v) is 5.23. The monoisotopic (exact) mass is 429 g/mol. The lowest BCUT2D eigenvalue weighted by molar-refractivity contribution is -0.142. The summed E-state index contributed by atoms with van der Waals surface area (Å²) in [5.41, 5.74) is 1.71. The third kappa shape index (κ3) is 6.01. The van der Waals surface area contributed by atoms with E-state index >= 15 is 0 Å². The number of hydrogen-bond donors (Lipinski definition) is 1. The summed E-state index contributed by atoms with van der Waals surface area (Å²) in [5, 5.41) is 5.04. The average Bonchev–Trinajstić information content (AvgIpc) is 3.25. The summed E-state index contributed by atoms with van der Waals surface area (Å²) < 4.78 is 18.3. The summed E-state index contributed by atoms with van der Waals surface area (Å²) in [6.07, 6.45) is 1.61. The number of rotatable bonds is 7. The van der Waals surface area contributed by atoms with Gasteiger partial charge in [0.05, 0.1) is 5.57 Å². The van der Waals surface area contributed by atoms with Gasteiger partial charge in [-0.15, -0.1) is 11.3 Å². The van der Waals surface area contributed by atoms with Crippen molar-refractivity contribution in [3.8, 4) is 0 Å². The highest BCUT2D eigenvalue weighted by molar-refractivity contribution is 7.11. The number of hydrogen-bond acceptors (Lipinski definition) is 4. The molecular weight excluding hydrogens is 413 g/mol. The number of carbonyl (C=O) groups excluding carboxylic acids is 2. The lowest BCUT2D eigenvalue weighted by Gasteiger charge is -2.09. The fraction of sp³-hybridized carbons (Fsp3) is 0.0909. The molecule has 29 heavy (non-hydrogen) atoms. The van der Waals surface area contributed by atoms with Crippen molar-refractivity contribution in [1.29, 1.82) is 0 Å². The van der Waals surface area contributed by atoms with E-state index in [1.54, 1.807) is 42.5 Å². The van der Waals surface area contributed by atoms with E-state index in [9.17, 15) is 14.0 Å². The first-order valence-corrected chi connectivity index (χ1v) is 9.97. The molecule has 1 aromatic heterocycles. The lowest BCUT2D eigenvalue weighted by Crippen LogP contribution is -2.28. The highest BCUT2D eigenvalue weighted by atomic mass is 35.5. The van der Waals surface area contributed by atoms with Gasteiger partial charge in [-0.1, -0.05) is 48.0 Å². The van der Waals surface area contributed by atoms with Crippen LogP contribution in [-0.2, 0) is 20.9 Å². The molecule has 0 aliphatic rings. The minimum absolute atomic E-state index is 0.235. The summed E-state index contributed by atoms with van der Waals surface area (Å²) in [5.74, 6) is -1.44. The predicted octanol–water partition coefficient (Wildman–Crippen LogP) is 4.94. The fourth-order valence-corrected chi connectivity index (χ4v) is 3.42. The molecule has 0 atom stereocenters. The van der Waals surface area contributed by atoms with Gasteiger partial charge >= 0.3 is 5.97 Å². The van der Waals surface area contributed by atoms with Crippen LogP contribution in [0.15, 0.2) is 66.0 Å². The van der Waals surface area contributed by atoms with E-state index in [2.05, 4.69) is 5.32 Å². The van der Waals surface area contributed by atoms with Crippen molar-refractivity contribution < 1.29 is 18.7 Å². The van der Waals surface area contributed by atoms with Gasteiger partial charge in [0.25, 0.3) is 5.91 Å². The molecule has 0 fully saturated rings. The predicted molar refractivity (Wildman–Crippen MR) is 113 cm³/mol. The van der Waals surface area contributed by atoms with Gasteiger partial charge in [0.15, 0.2) is 6.61 Å². The third-order valence-electron chi connectivity index (χ3n) is 3.96. The SMILES string of the molecule is O=C(COC(=O)/C(=C/c1ccc(F)cc1)c1cccs1)NCc1ccccc1Cl. The Balaban J connectivity index is 1.63. The summed E-state index contributed by atoms with van der Waals surface area (Å²) in [4.78, 5) is 25.3. The first kappa shape index (κ1) is 20.8. The number of amides is 1. The topological polar surface area (TPSA) is 55.4 Å². The van der Waals surface area contributed by atoms with Crippen LogP contribution in [0.25, 0.3) is 11.6 Å². The molecule has 7 heteroatoms. The highest BCUT2D eigenvalue weighted by Crippen LogP contribution is 2.24. The highest BCUT2D eigenvalue weighted by Gasteiger charge is 2.16. The van der Waals surface area contributed by atoms with Gasteiger partial charge in [-0.25, -0.2) is 9.18 Å². The van der Waals surface area contributed by atoms with Crippen molar-refractivity contribution in [2.45, 2.75) is 6.54 Å².